The third-order valence-corrected chi connectivity index (χ3v) is 4.21. The molecule has 2 nitrogen and oxygen atoms in total. The molecular weight excluding hydrogens is 324 g/mol. The fraction of sp³-hybridized carbons (Fsp3) is 0.533. The van der Waals surface area contributed by atoms with Gasteiger partial charge in [0.1, 0.15) is 0 Å². The Labute approximate surface area is 128 Å². The molecule has 23 heavy (non-hydrogen) atoms. The third kappa shape index (κ3) is 3.45. The van der Waals surface area contributed by atoms with E-state index in [1.807, 2.05) is 0 Å². The predicted molar refractivity (Wildman–Crippen MR) is 70.6 cm³/mol. The maximum atomic E-state index is 13.2. The second-order valence-electron chi connectivity index (χ2n) is 6.14. The van der Waals surface area contributed by atoms with Gasteiger partial charge in [0.2, 0.25) is 5.91 Å². The Balaban J connectivity index is 2.59. The van der Waals surface area contributed by atoms with Gasteiger partial charge in [0.25, 0.3) is 0 Å². The van der Waals surface area contributed by atoms with Gasteiger partial charge in [0.15, 0.2) is 0 Å². The van der Waals surface area contributed by atoms with Crippen molar-refractivity contribution in [2.45, 2.75) is 50.5 Å². The number of rotatable bonds is 2. The van der Waals surface area contributed by atoms with Crippen LogP contribution in [0, 0.1) is 0 Å². The summed E-state index contributed by atoms with van der Waals surface area (Å²) in [6.07, 6.45) is -9.10. The molecule has 8 heteroatoms. The molecule has 0 saturated carbocycles. The highest BCUT2D eigenvalue weighted by molar-refractivity contribution is 5.78. The van der Waals surface area contributed by atoms with Crippen LogP contribution in [0.2, 0.25) is 0 Å². The fourth-order valence-corrected chi connectivity index (χ4v) is 2.84. The van der Waals surface area contributed by atoms with E-state index in [0.717, 1.165) is 0 Å². The minimum Gasteiger partial charge on any atom is -0.352 e. The standard InChI is InChI=1S/C15H15F6NO/c1-13(2,11-5-6-12(23)22-11)10-7-8(14(16,17)18)3-4-9(10)15(19,20)21/h3-4,7,11H,5-6H2,1-2H3,(H,22,23)/t11-/m1/s1. The van der Waals surface area contributed by atoms with Crippen LogP contribution in [-0.4, -0.2) is 11.9 Å². The summed E-state index contributed by atoms with van der Waals surface area (Å²) in [5.41, 5.74) is -4.01. The number of benzene rings is 1. The van der Waals surface area contributed by atoms with E-state index >= 15 is 0 Å². The summed E-state index contributed by atoms with van der Waals surface area (Å²) >= 11 is 0. The van der Waals surface area contributed by atoms with Crippen LogP contribution in [0.5, 0.6) is 0 Å². The van der Waals surface area contributed by atoms with Crippen LogP contribution < -0.4 is 5.32 Å². The molecule has 128 valence electrons. The van der Waals surface area contributed by atoms with Crippen molar-refractivity contribution in [1.29, 1.82) is 0 Å². The zero-order valence-corrected chi connectivity index (χ0v) is 12.4. The van der Waals surface area contributed by atoms with Gasteiger partial charge in [-0.1, -0.05) is 13.8 Å². The highest BCUT2D eigenvalue weighted by atomic mass is 19.4. The highest BCUT2D eigenvalue weighted by Crippen LogP contribution is 2.43. The SMILES string of the molecule is CC(C)(c1cc(C(F)(F)F)ccc1C(F)(F)F)[C@H]1CCC(=O)N1. The minimum atomic E-state index is -4.78. The number of hydrogen-bond acceptors (Lipinski definition) is 1. The molecular formula is C15H15F6NO. The molecule has 0 bridgehead atoms. The lowest BCUT2D eigenvalue weighted by molar-refractivity contribution is -0.142. The van der Waals surface area contributed by atoms with Gasteiger partial charge in [-0.3, -0.25) is 4.79 Å². The maximum absolute atomic E-state index is 13.2. The first kappa shape index (κ1) is 17.6. The smallest absolute Gasteiger partial charge is 0.352 e. The molecule has 1 saturated heterocycles. The van der Waals surface area contributed by atoms with Crippen molar-refractivity contribution in [3.63, 3.8) is 0 Å². The van der Waals surface area contributed by atoms with Gasteiger partial charge in [-0.25, -0.2) is 0 Å². The average Bonchev–Trinajstić information content (AvgIpc) is 2.83. The molecule has 0 unspecified atom stereocenters. The van der Waals surface area contributed by atoms with Crippen molar-refractivity contribution >= 4 is 5.91 Å². The summed E-state index contributed by atoms with van der Waals surface area (Å²) in [5.74, 6) is -0.316. The van der Waals surface area contributed by atoms with Crippen LogP contribution in [-0.2, 0) is 22.6 Å². The molecule has 0 aliphatic carbocycles. The van der Waals surface area contributed by atoms with Gasteiger partial charge in [0, 0.05) is 17.9 Å². The van der Waals surface area contributed by atoms with Gasteiger partial charge >= 0.3 is 12.4 Å². The van der Waals surface area contributed by atoms with E-state index in [4.69, 9.17) is 0 Å². The first-order chi connectivity index (χ1) is 10.3. The van der Waals surface area contributed by atoms with Crippen LogP contribution >= 0.6 is 0 Å². The van der Waals surface area contributed by atoms with Crippen molar-refractivity contribution in [2.24, 2.45) is 0 Å². The minimum absolute atomic E-state index is 0.147. The Hall–Kier alpha value is -1.73. The molecule has 1 aromatic carbocycles. The number of amides is 1. The van der Waals surface area contributed by atoms with E-state index in [0.29, 0.717) is 18.2 Å². The Morgan fingerprint density at radius 2 is 1.61 bits per heavy atom. The van der Waals surface area contributed by atoms with E-state index in [9.17, 15) is 31.1 Å². The quantitative estimate of drug-likeness (QED) is 0.801. The lowest BCUT2D eigenvalue weighted by Gasteiger charge is -2.34. The molecule has 1 aliphatic rings. The Kier molecular flexibility index (Phi) is 4.15. The molecule has 1 atom stereocenters. The van der Waals surface area contributed by atoms with Crippen LogP contribution in [0.3, 0.4) is 0 Å². The molecule has 1 aliphatic heterocycles. The first-order valence-electron chi connectivity index (χ1n) is 6.92. The van der Waals surface area contributed by atoms with Crippen LogP contribution in [0.1, 0.15) is 43.4 Å². The number of carbonyl (C=O) groups excluding carboxylic acids is 1. The molecule has 2 rings (SSSR count). The van der Waals surface area contributed by atoms with Gasteiger partial charge < -0.3 is 5.32 Å². The number of nitrogens with one attached hydrogen (secondary N) is 1. The zero-order valence-electron chi connectivity index (χ0n) is 12.4. The molecule has 1 fully saturated rings. The second-order valence-corrected chi connectivity index (χ2v) is 6.14. The van der Waals surface area contributed by atoms with E-state index in [2.05, 4.69) is 5.32 Å². The van der Waals surface area contributed by atoms with Crippen molar-refractivity contribution in [3.8, 4) is 0 Å². The Morgan fingerprint density at radius 3 is 2.04 bits per heavy atom. The van der Waals surface area contributed by atoms with Crippen LogP contribution in [0.4, 0.5) is 26.3 Å². The van der Waals surface area contributed by atoms with Crippen molar-refractivity contribution in [2.75, 3.05) is 0 Å². The Morgan fingerprint density at radius 1 is 1.00 bits per heavy atom. The highest BCUT2D eigenvalue weighted by Gasteiger charge is 2.44. The monoisotopic (exact) mass is 339 g/mol. The number of halogens is 6. The van der Waals surface area contributed by atoms with Gasteiger partial charge in [-0.2, -0.15) is 26.3 Å². The third-order valence-electron chi connectivity index (χ3n) is 4.21. The average molecular weight is 339 g/mol. The predicted octanol–water partition coefficient (Wildman–Crippen LogP) is 4.28. The van der Waals surface area contributed by atoms with Crippen molar-refractivity contribution in [3.05, 3.63) is 34.9 Å². The van der Waals surface area contributed by atoms with Crippen molar-refractivity contribution in [1.82, 2.24) is 5.32 Å². The molecule has 0 aromatic heterocycles. The van der Waals surface area contributed by atoms with Crippen LogP contribution in [0.15, 0.2) is 18.2 Å². The van der Waals surface area contributed by atoms with Crippen molar-refractivity contribution < 1.29 is 31.1 Å². The zero-order chi connectivity index (χ0) is 17.6. The van der Waals surface area contributed by atoms with E-state index in [1.54, 1.807) is 0 Å². The number of carbonyl (C=O) groups is 1. The van der Waals surface area contributed by atoms with E-state index in [1.165, 1.54) is 13.8 Å². The number of hydrogen-bond donors (Lipinski definition) is 1. The molecule has 1 amide bonds. The summed E-state index contributed by atoms with van der Waals surface area (Å²) in [5, 5.41) is 2.54. The molecule has 1 aromatic rings. The normalized spacial score (nSPS) is 19.8. The summed E-state index contributed by atoms with van der Waals surface area (Å²) in [6.45, 7) is 2.82. The topological polar surface area (TPSA) is 29.1 Å². The van der Waals surface area contributed by atoms with Gasteiger partial charge in [-0.05, 0) is 30.2 Å². The van der Waals surface area contributed by atoms with E-state index in [-0.39, 0.29) is 18.7 Å². The van der Waals surface area contributed by atoms with Crippen LogP contribution in [0.25, 0.3) is 0 Å². The largest absolute Gasteiger partial charge is 0.416 e. The number of alkyl halides is 6. The van der Waals surface area contributed by atoms with Gasteiger partial charge in [0.05, 0.1) is 11.1 Å². The summed E-state index contributed by atoms with van der Waals surface area (Å²) in [6, 6.07) is 0.763. The fourth-order valence-electron chi connectivity index (χ4n) is 2.84. The molecule has 1 heterocycles. The molecule has 0 spiro atoms. The molecule has 1 N–H and O–H groups in total. The van der Waals surface area contributed by atoms with E-state index < -0.39 is 40.5 Å². The maximum Gasteiger partial charge on any atom is 0.416 e. The summed E-state index contributed by atoms with van der Waals surface area (Å²) < 4.78 is 78.2. The van der Waals surface area contributed by atoms with Gasteiger partial charge in [-0.15, -0.1) is 0 Å². The summed E-state index contributed by atoms with van der Waals surface area (Å²) in [4.78, 5) is 11.3. The second kappa shape index (κ2) is 5.42. The Bertz CT molecular complexity index is 617. The molecule has 0 radical (unpaired) electrons. The first-order valence-corrected chi connectivity index (χ1v) is 6.92. The lowest BCUT2D eigenvalue weighted by atomic mass is 9.74. The summed E-state index contributed by atoms with van der Waals surface area (Å²) in [7, 11) is 0. The lowest BCUT2D eigenvalue weighted by Crippen LogP contribution is -2.43.